The van der Waals surface area contributed by atoms with Gasteiger partial charge in [0.2, 0.25) is 0 Å². The van der Waals surface area contributed by atoms with Gasteiger partial charge in [0, 0.05) is 17.5 Å². The van der Waals surface area contributed by atoms with E-state index in [1.807, 2.05) is 13.8 Å². The van der Waals surface area contributed by atoms with Gasteiger partial charge in [-0.05, 0) is 43.3 Å². The second-order valence-electron chi connectivity index (χ2n) is 4.90. The Balaban J connectivity index is 1.98. The number of hydrogen-bond acceptors (Lipinski definition) is 4. The van der Waals surface area contributed by atoms with Gasteiger partial charge in [0.15, 0.2) is 0 Å². The molecule has 0 aliphatic rings. The summed E-state index contributed by atoms with van der Waals surface area (Å²) >= 11 is 1.56. The summed E-state index contributed by atoms with van der Waals surface area (Å²) in [4.78, 5) is 5.52. The lowest BCUT2D eigenvalue weighted by Crippen LogP contribution is -2.21. The van der Waals surface area contributed by atoms with Gasteiger partial charge < -0.3 is 9.73 Å². The maximum Gasteiger partial charge on any atom is 0.260 e. The highest BCUT2D eigenvalue weighted by Crippen LogP contribution is 2.28. The largest absolute Gasteiger partial charge is 0.436 e. The van der Waals surface area contributed by atoms with Gasteiger partial charge in [-0.3, -0.25) is 0 Å². The molecular formula is C15H20N2OS. The van der Waals surface area contributed by atoms with Crippen LogP contribution in [0.2, 0.25) is 0 Å². The Morgan fingerprint density at radius 2 is 1.89 bits per heavy atom. The Labute approximate surface area is 118 Å². The fourth-order valence-electron chi connectivity index (χ4n) is 1.59. The molecule has 0 radical (unpaired) electrons. The van der Waals surface area contributed by atoms with E-state index in [1.54, 1.807) is 11.8 Å². The van der Waals surface area contributed by atoms with Crippen molar-refractivity contribution >= 4 is 11.8 Å². The summed E-state index contributed by atoms with van der Waals surface area (Å²) in [5.74, 6) is 0.889. The monoisotopic (exact) mass is 276 g/mol. The molecule has 19 heavy (non-hydrogen) atoms. The van der Waals surface area contributed by atoms with Crippen molar-refractivity contribution in [1.82, 2.24) is 10.3 Å². The summed E-state index contributed by atoms with van der Waals surface area (Å²) < 4.78 is 5.57. The minimum absolute atomic E-state index is 0.507. The van der Waals surface area contributed by atoms with Crippen molar-refractivity contribution in [2.75, 3.05) is 0 Å². The second-order valence-corrected chi connectivity index (χ2v) is 5.93. The fraction of sp³-hybridized carbons (Fsp3) is 0.400. The van der Waals surface area contributed by atoms with Crippen molar-refractivity contribution in [3.8, 4) is 0 Å². The first-order valence-corrected chi connectivity index (χ1v) is 7.30. The average molecular weight is 276 g/mol. The number of rotatable bonds is 5. The molecule has 0 spiro atoms. The Kier molecular flexibility index (Phi) is 4.66. The van der Waals surface area contributed by atoms with Gasteiger partial charge in [0.25, 0.3) is 5.22 Å². The molecule has 2 rings (SSSR count). The third-order valence-corrected chi connectivity index (χ3v) is 3.71. The Hall–Kier alpha value is -1.26. The number of hydrogen-bond donors (Lipinski definition) is 1. The summed E-state index contributed by atoms with van der Waals surface area (Å²) in [5.41, 5.74) is 2.25. The number of nitrogens with one attached hydrogen (secondary N) is 1. The Bertz CT molecular complexity index is 512. The lowest BCUT2D eigenvalue weighted by atomic mass is 10.2. The number of nitrogens with zero attached hydrogens (tertiary/aromatic N) is 1. The van der Waals surface area contributed by atoms with Crippen LogP contribution in [0.5, 0.6) is 0 Å². The third kappa shape index (κ3) is 4.11. The summed E-state index contributed by atoms with van der Waals surface area (Å²) in [7, 11) is 0. The zero-order valence-corrected chi connectivity index (χ0v) is 12.7. The maximum absolute atomic E-state index is 5.57. The van der Waals surface area contributed by atoms with Crippen LogP contribution in [0.15, 0.2) is 38.8 Å². The molecule has 0 aliphatic heterocycles. The van der Waals surface area contributed by atoms with Crippen LogP contribution in [-0.2, 0) is 6.54 Å². The molecule has 0 bridgehead atoms. The fourth-order valence-corrected chi connectivity index (χ4v) is 2.41. The molecule has 0 saturated heterocycles. The van der Waals surface area contributed by atoms with E-state index in [-0.39, 0.29) is 0 Å². The lowest BCUT2D eigenvalue weighted by Gasteiger charge is -2.08. The van der Waals surface area contributed by atoms with E-state index in [1.165, 1.54) is 5.56 Å². The van der Waals surface area contributed by atoms with Crippen LogP contribution in [0, 0.1) is 13.8 Å². The smallest absolute Gasteiger partial charge is 0.260 e. The minimum atomic E-state index is 0.507. The van der Waals surface area contributed by atoms with Gasteiger partial charge in [0.1, 0.15) is 5.76 Å². The standard InChI is InChI=1S/C15H20N2OS/c1-10(2)16-9-13-5-7-14(8-6-13)19-15-17-11(3)12(4)18-15/h5-8,10,16H,9H2,1-4H3. The third-order valence-electron chi connectivity index (χ3n) is 2.85. The SMILES string of the molecule is Cc1nc(Sc2ccc(CNC(C)C)cc2)oc1C. The Morgan fingerprint density at radius 3 is 2.42 bits per heavy atom. The molecule has 102 valence electrons. The molecule has 2 aromatic rings. The van der Waals surface area contributed by atoms with Gasteiger partial charge in [0.05, 0.1) is 5.69 Å². The molecule has 3 nitrogen and oxygen atoms in total. The highest BCUT2D eigenvalue weighted by atomic mass is 32.2. The lowest BCUT2D eigenvalue weighted by molar-refractivity contribution is 0.431. The molecule has 0 amide bonds. The average Bonchev–Trinajstić information content (AvgIpc) is 2.67. The van der Waals surface area contributed by atoms with Crippen molar-refractivity contribution in [3.63, 3.8) is 0 Å². The molecule has 1 heterocycles. The molecule has 1 aromatic heterocycles. The first-order chi connectivity index (χ1) is 9.04. The van der Waals surface area contributed by atoms with Crippen molar-refractivity contribution < 1.29 is 4.42 Å². The zero-order valence-electron chi connectivity index (χ0n) is 11.9. The second kappa shape index (κ2) is 6.26. The van der Waals surface area contributed by atoms with Crippen LogP contribution in [0.25, 0.3) is 0 Å². The normalized spacial score (nSPS) is 11.2. The first-order valence-electron chi connectivity index (χ1n) is 6.49. The van der Waals surface area contributed by atoms with Crippen molar-refractivity contribution in [3.05, 3.63) is 41.3 Å². The van der Waals surface area contributed by atoms with E-state index in [0.717, 1.165) is 22.9 Å². The topological polar surface area (TPSA) is 38.1 Å². The number of oxazole rings is 1. The predicted octanol–water partition coefficient (Wildman–Crippen LogP) is 3.94. The van der Waals surface area contributed by atoms with Crippen molar-refractivity contribution in [2.24, 2.45) is 0 Å². The summed E-state index contributed by atoms with van der Waals surface area (Å²) in [5, 5.41) is 4.12. The first kappa shape index (κ1) is 14.2. The highest BCUT2D eigenvalue weighted by Gasteiger charge is 2.07. The van der Waals surface area contributed by atoms with Crippen LogP contribution in [0.4, 0.5) is 0 Å². The van der Waals surface area contributed by atoms with Gasteiger partial charge >= 0.3 is 0 Å². The van der Waals surface area contributed by atoms with Gasteiger partial charge in [-0.1, -0.05) is 26.0 Å². The van der Waals surface area contributed by atoms with E-state index >= 15 is 0 Å². The van der Waals surface area contributed by atoms with Crippen LogP contribution in [0.3, 0.4) is 0 Å². The van der Waals surface area contributed by atoms with Gasteiger partial charge in [-0.2, -0.15) is 0 Å². The number of benzene rings is 1. The summed E-state index contributed by atoms with van der Waals surface area (Å²) in [6, 6.07) is 9.00. The molecule has 0 fully saturated rings. The van der Waals surface area contributed by atoms with Crippen LogP contribution < -0.4 is 5.32 Å². The predicted molar refractivity (Wildman–Crippen MR) is 78.5 cm³/mol. The number of aryl methyl sites for hydroxylation is 2. The van der Waals surface area contributed by atoms with E-state index in [4.69, 9.17) is 4.42 Å². The molecule has 4 heteroatoms. The van der Waals surface area contributed by atoms with Gasteiger partial charge in [-0.25, -0.2) is 4.98 Å². The molecule has 0 aliphatic carbocycles. The van der Waals surface area contributed by atoms with Crippen LogP contribution in [0.1, 0.15) is 30.9 Å². The summed E-state index contributed by atoms with van der Waals surface area (Å²) in [6.45, 7) is 9.10. The van der Waals surface area contributed by atoms with E-state index in [9.17, 15) is 0 Å². The minimum Gasteiger partial charge on any atom is -0.436 e. The molecule has 0 unspecified atom stereocenters. The molecule has 1 N–H and O–H groups in total. The maximum atomic E-state index is 5.57. The molecule has 0 saturated carbocycles. The quantitative estimate of drug-likeness (QED) is 0.897. The van der Waals surface area contributed by atoms with Gasteiger partial charge in [-0.15, -0.1) is 0 Å². The Morgan fingerprint density at radius 1 is 1.21 bits per heavy atom. The van der Waals surface area contributed by atoms with E-state index in [2.05, 4.69) is 48.4 Å². The van der Waals surface area contributed by atoms with Crippen molar-refractivity contribution in [1.29, 1.82) is 0 Å². The number of aromatic nitrogens is 1. The van der Waals surface area contributed by atoms with Crippen LogP contribution in [-0.4, -0.2) is 11.0 Å². The molecule has 0 atom stereocenters. The molecular weight excluding hydrogens is 256 g/mol. The highest BCUT2D eigenvalue weighted by molar-refractivity contribution is 7.99. The molecule has 1 aromatic carbocycles. The van der Waals surface area contributed by atoms with Crippen molar-refractivity contribution in [2.45, 2.75) is 50.4 Å². The van der Waals surface area contributed by atoms with Crippen LogP contribution >= 0.6 is 11.8 Å². The van der Waals surface area contributed by atoms with E-state index < -0.39 is 0 Å². The summed E-state index contributed by atoms with van der Waals surface area (Å²) in [6.07, 6.45) is 0. The zero-order chi connectivity index (χ0) is 13.8. The van der Waals surface area contributed by atoms with E-state index in [0.29, 0.717) is 11.3 Å².